The third-order valence-corrected chi connectivity index (χ3v) is 7.17. The first-order valence-electron chi connectivity index (χ1n) is 11.7. The molecule has 35 heavy (non-hydrogen) atoms. The predicted octanol–water partition coefficient (Wildman–Crippen LogP) is 5.04. The molecular formula is C26H26N4O4S. The molecule has 0 bridgehead atoms. The van der Waals surface area contributed by atoms with E-state index in [0.717, 1.165) is 17.8 Å². The van der Waals surface area contributed by atoms with E-state index in [2.05, 4.69) is 15.4 Å². The largest absolute Gasteiger partial charge is 0.496 e. The molecule has 5 rings (SSSR count). The van der Waals surface area contributed by atoms with Gasteiger partial charge in [-0.15, -0.1) is 0 Å². The fourth-order valence-electron chi connectivity index (χ4n) is 4.31. The van der Waals surface area contributed by atoms with E-state index in [4.69, 9.17) is 9.47 Å². The summed E-state index contributed by atoms with van der Waals surface area (Å²) in [5.74, 6) is 1.19. The van der Waals surface area contributed by atoms with Gasteiger partial charge in [0.25, 0.3) is 11.5 Å². The molecule has 1 aliphatic rings. The molecule has 0 radical (unpaired) electrons. The number of aromatic nitrogens is 3. The molecule has 1 amide bonds. The van der Waals surface area contributed by atoms with Crippen LogP contribution in [0, 0.1) is 0 Å². The summed E-state index contributed by atoms with van der Waals surface area (Å²) in [7, 11) is 1.53. The highest BCUT2D eigenvalue weighted by Gasteiger charge is 2.21. The first-order valence-corrected chi connectivity index (χ1v) is 12.5. The Morgan fingerprint density at radius 1 is 1.11 bits per heavy atom. The number of hydrogen-bond donors (Lipinski definition) is 1. The van der Waals surface area contributed by atoms with Crippen molar-refractivity contribution in [1.82, 2.24) is 14.6 Å². The molecular weight excluding hydrogens is 464 g/mol. The van der Waals surface area contributed by atoms with E-state index in [1.165, 1.54) is 48.3 Å². The second-order valence-corrected chi connectivity index (χ2v) is 9.51. The van der Waals surface area contributed by atoms with Crippen LogP contribution < -0.4 is 20.3 Å². The summed E-state index contributed by atoms with van der Waals surface area (Å²) in [6.07, 6.45) is 5.93. The molecule has 0 saturated heterocycles. The molecule has 0 aliphatic heterocycles. The van der Waals surface area contributed by atoms with Gasteiger partial charge in [-0.1, -0.05) is 48.8 Å². The van der Waals surface area contributed by atoms with Gasteiger partial charge in [0.15, 0.2) is 0 Å². The van der Waals surface area contributed by atoms with Crippen molar-refractivity contribution in [3.8, 4) is 11.5 Å². The molecule has 1 fully saturated rings. The molecule has 2 aromatic carbocycles. The van der Waals surface area contributed by atoms with Crippen molar-refractivity contribution >= 4 is 27.9 Å². The molecule has 180 valence electrons. The Morgan fingerprint density at radius 3 is 2.77 bits per heavy atom. The van der Waals surface area contributed by atoms with Crippen LogP contribution in [0.25, 0.3) is 4.96 Å². The van der Waals surface area contributed by atoms with E-state index in [1.807, 2.05) is 6.07 Å². The summed E-state index contributed by atoms with van der Waals surface area (Å²) in [6, 6.07) is 15.6. The zero-order valence-corrected chi connectivity index (χ0v) is 20.2. The summed E-state index contributed by atoms with van der Waals surface area (Å²) >= 11 is 1.49. The van der Waals surface area contributed by atoms with Crippen LogP contribution in [0.4, 0.5) is 5.69 Å². The maximum Gasteiger partial charge on any atom is 0.275 e. The number of rotatable bonds is 7. The van der Waals surface area contributed by atoms with E-state index in [9.17, 15) is 9.59 Å². The molecule has 0 atom stereocenters. The van der Waals surface area contributed by atoms with Gasteiger partial charge < -0.3 is 14.8 Å². The van der Waals surface area contributed by atoms with Crippen LogP contribution in [0.2, 0.25) is 0 Å². The third-order valence-electron chi connectivity index (χ3n) is 6.10. The Bertz CT molecular complexity index is 1410. The van der Waals surface area contributed by atoms with Crippen molar-refractivity contribution in [3.05, 3.63) is 81.2 Å². The van der Waals surface area contributed by atoms with Gasteiger partial charge in [-0.3, -0.25) is 9.59 Å². The minimum atomic E-state index is -0.279. The van der Waals surface area contributed by atoms with Gasteiger partial charge in [0, 0.05) is 23.7 Å². The highest BCUT2D eigenvalue weighted by Crippen LogP contribution is 2.34. The van der Waals surface area contributed by atoms with Gasteiger partial charge in [-0.25, -0.2) is 4.98 Å². The van der Waals surface area contributed by atoms with Crippen LogP contribution in [-0.4, -0.2) is 27.6 Å². The fraction of sp³-hybridized carbons (Fsp3) is 0.308. The highest BCUT2D eigenvalue weighted by molar-refractivity contribution is 7.16. The van der Waals surface area contributed by atoms with Gasteiger partial charge in [-0.2, -0.15) is 9.61 Å². The fourth-order valence-corrected chi connectivity index (χ4v) is 5.40. The summed E-state index contributed by atoms with van der Waals surface area (Å²) in [6.45, 7) is 0.131. The van der Waals surface area contributed by atoms with Crippen molar-refractivity contribution in [3.63, 3.8) is 0 Å². The van der Waals surface area contributed by atoms with Crippen LogP contribution in [0.15, 0.2) is 59.4 Å². The van der Waals surface area contributed by atoms with Gasteiger partial charge in [0.2, 0.25) is 4.96 Å². The van der Waals surface area contributed by atoms with Gasteiger partial charge in [0.05, 0.1) is 18.4 Å². The van der Waals surface area contributed by atoms with Crippen LogP contribution in [0.3, 0.4) is 0 Å². The number of benzene rings is 2. The minimum Gasteiger partial charge on any atom is -0.496 e. The zero-order valence-electron chi connectivity index (χ0n) is 19.4. The number of carbonyl (C=O) groups excluding carboxylic acids is 1. The topological polar surface area (TPSA) is 94.8 Å². The first kappa shape index (κ1) is 23.0. The smallest absolute Gasteiger partial charge is 0.275 e. The molecule has 9 heteroatoms. The number of amides is 1. The summed E-state index contributed by atoms with van der Waals surface area (Å²) in [5, 5.41) is 8.40. The monoisotopic (exact) mass is 490 g/mol. The van der Waals surface area contributed by atoms with E-state index in [0.29, 0.717) is 39.3 Å². The number of para-hydroxylation sites is 1. The molecule has 4 aromatic rings. The average molecular weight is 491 g/mol. The lowest BCUT2D eigenvalue weighted by atomic mass is 9.90. The molecule has 2 heterocycles. The average Bonchev–Trinajstić information content (AvgIpc) is 3.33. The lowest BCUT2D eigenvalue weighted by molar-refractivity contribution is 0.102. The Labute approximate surface area is 206 Å². The van der Waals surface area contributed by atoms with E-state index >= 15 is 0 Å². The van der Waals surface area contributed by atoms with Crippen molar-refractivity contribution in [1.29, 1.82) is 0 Å². The highest BCUT2D eigenvalue weighted by atomic mass is 32.1. The van der Waals surface area contributed by atoms with Gasteiger partial charge in [0.1, 0.15) is 23.1 Å². The Kier molecular flexibility index (Phi) is 6.76. The summed E-state index contributed by atoms with van der Waals surface area (Å²) in [4.78, 5) is 30.5. The van der Waals surface area contributed by atoms with Crippen LogP contribution in [0.5, 0.6) is 11.5 Å². The molecule has 1 N–H and O–H groups in total. The molecule has 1 saturated carbocycles. The number of nitrogens with one attached hydrogen (secondary N) is 1. The molecule has 0 spiro atoms. The van der Waals surface area contributed by atoms with Crippen molar-refractivity contribution in [2.45, 2.75) is 44.6 Å². The molecule has 8 nitrogen and oxygen atoms in total. The third kappa shape index (κ3) is 5.19. The van der Waals surface area contributed by atoms with E-state index in [1.54, 1.807) is 42.5 Å². The molecule has 2 aromatic heterocycles. The number of fused-ring (bicyclic) bond motifs is 1. The summed E-state index contributed by atoms with van der Waals surface area (Å²) < 4.78 is 12.6. The van der Waals surface area contributed by atoms with Crippen molar-refractivity contribution in [2.75, 3.05) is 12.4 Å². The number of carbonyl (C=O) groups is 1. The van der Waals surface area contributed by atoms with Crippen LogP contribution in [-0.2, 0) is 6.61 Å². The van der Waals surface area contributed by atoms with Crippen LogP contribution in [0.1, 0.15) is 59.1 Å². The first-order chi connectivity index (χ1) is 17.1. The van der Waals surface area contributed by atoms with Crippen LogP contribution >= 0.6 is 11.3 Å². The number of methoxy groups -OCH3 is 1. The predicted molar refractivity (Wildman–Crippen MR) is 135 cm³/mol. The Hall–Kier alpha value is -3.72. The Balaban J connectivity index is 1.28. The number of nitrogens with zero attached hydrogens (tertiary/aromatic N) is 3. The van der Waals surface area contributed by atoms with Gasteiger partial charge >= 0.3 is 0 Å². The van der Waals surface area contributed by atoms with Gasteiger partial charge in [-0.05, 0) is 37.1 Å². The molecule has 0 unspecified atom stereocenters. The quantitative estimate of drug-likeness (QED) is 0.390. The second kappa shape index (κ2) is 10.3. The SMILES string of the molecule is COc1ccccc1C(=O)Nc1cccc(OCc2cc(=O)n3nc(C4CCCCC4)sc3n2)c1. The lowest BCUT2D eigenvalue weighted by Gasteiger charge is -2.18. The van der Waals surface area contributed by atoms with E-state index in [-0.39, 0.29) is 18.1 Å². The maximum atomic E-state index is 12.7. The normalized spacial score (nSPS) is 14.1. The van der Waals surface area contributed by atoms with Crippen molar-refractivity contribution < 1.29 is 14.3 Å². The van der Waals surface area contributed by atoms with E-state index < -0.39 is 0 Å². The zero-order chi connectivity index (χ0) is 24.2. The molecule has 1 aliphatic carbocycles. The van der Waals surface area contributed by atoms with Crippen molar-refractivity contribution in [2.24, 2.45) is 0 Å². The second-order valence-electron chi connectivity index (χ2n) is 8.53. The maximum absolute atomic E-state index is 12.7. The number of ether oxygens (including phenoxy) is 2. The minimum absolute atomic E-state index is 0.131. The number of anilines is 1. The summed E-state index contributed by atoms with van der Waals surface area (Å²) in [5.41, 5.74) is 1.36. The standard InChI is InChI=1S/C26H26N4O4S/c1-33-22-13-6-5-12-21(22)24(32)27-18-10-7-11-20(14-18)34-16-19-15-23(31)30-26(28-19)35-25(29-30)17-8-3-2-4-9-17/h5-7,10-15,17H,2-4,8-9,16H2,1H3,(H,27,32). The Morgan fingerprint density at radius 2 is 1.94 bits per heavy atom. The number of hydrogen-bond acceptors (Lipinski definition) is 7. The lowest BCUT2D eigenvalue weighted by Crippen LogP contribution is -2.17.